The Labute approximate surface area is 249 Å². The minimum atomic E-state index is -0.328. The second kappa shape index (κ2) is 14.3. The Morgan fingerprint density at radius 3 is 2.52 bits per heavy atom. The van der Waals surface area contributed by atoms with E-state index in [4.69, 9.17) is 9.47 Å². The topological polar surface area (TPSA) is 96.0 Å². The van der Waals surface area contributed by atoms with Crippen LogP contribution in [0.15, 0.2) is 66.9 Å². The average Bonchev–Trinajstić information content (AvgIpc) is 2.98. The predicted octanol–water partition coefficient (Wildman–Crippen LogP) is 5.28. The Morgan fingerprint density at radius 1 is 1.10 bits per heavy atom. The van der Waals surface area contributed by atoms with Gasteiger partial charge in [-0.15, -0.1) is 0 Å². The van der Waals surface area contributed by atoms with E-state index >= 15 is 0 Å². The van der Waals surface area contributed by atoms with Gasteiger partial charge in [-0.25, -0.2) is 4.79 Å². The number of rotatable bonds is 6. The highest BCUT2D eigenvalue weighted by molar-refractivity contribution is 5.99. The molecule has 0 saturated carbocycles. The summed E-state index contributed by atoms with van der Waals surface area (Å²) in [5.74, 6) is 0.438. The fourth-order valence-corrected chi connectivity index (χ4v) is 5.13. The molecule has 9 heteroatoms. The lowest BCUT2D eigenvalue weighted by molar-refractivity contribution is 0.00922. The molecule has 2 aromatic carbocycles. The first-order valence-electron chi connectivity index (χ1n) is 14.5. The van der Waals surface area contributed by atoms with E-state index in [9.17, 15) is 9.59 Å². The molecule has 0 unspecified atom stereocenters. The van der Waals surface area contributed by atoms with Crippen LogP contribution in [0.3, 0.4) is 0 Å². The van der Waals surface area contributed by atoms with Gasteiger partial charge in [0.15, 0.2) is 0 Å². The molecule has 1 aliphatic rings. The molecule has 2 heterocycles. The molecule has 0 aliphatic carbocycles. The number of amides is 3. The quantitative estimate of drug-likeness (QED) is 0.416. The van der Waals surface area contributed by atoms with E-state index < -0.39 is 0 Å². The fourth-order valence-electron chi connectivity index (χ4n) is 5.13. The molecular weight excluding hydrogens is 530 g/mol. The largest absolute Gasteiger partial charge is 0.491 e. The number of pyridine rings is 1. The molecule has 4 rings (SSSR count). The number of carbonyl (C=O) groups is 2. The van der Waals surface area contributed by atoms with Crippen LogP contribution in [-0.2, 0) is 11.3 Å². The van der Waals surface area contributed by atoms with Crippen LogP contribution in [0, 0.1) is 5.92 Å². The molecule has 3 amide bonds. The van der Waals surface area contributed by atoms with Gasteiger partial charge in [-0.3, -0.25) is 14.7 Å². The van der Waals surface area contributed by atoms with Crippen LogP contribution < -0.4 is 15.4 Å². The standard InChI is InChI=1S/C33H43N5O4/c1-22(2)35-33(40)36-27-14-15-30-28(17-27)32(39)37(5)20-31(41-6)23(3)18-38(24(4)21-42-30)19-25-10-12-26(13-11-25)29-9-7-8-16-34-29/h7-17,22-24,31H,18-21H2,1-6H3,(H2,35,36,40)/t23-,24+,31-/m1/s1. The van der Waals surface area contributed by atoms with Crippen LogP contribution in [0.2, 0.25) is 0 Å². The summed E-state index contributed by atoms with van der Waals surface area (Å²) in [6.45, 7) is 10.4. The number of fused-ring (bicyclic) bond motifs is 1. The molecule has 3 aromatic rings. The highest BCUT2D eigenvalue weighted by atomic mass is 16.5. The van der Waals surface area contributed by atoms with Crippen molar-refractivity contribution in [3.05, 3.63) is 78.0 Å². The second-order valence-corrected chi connectivity index (χ2v) is 11.4. The third kappa shape index (κ3) is 8.08. The minimum Gasteiger partial charge on any atom is -0.491 e. The summed E-state index contributed by atoms with van der Waals surface area (Å²) in [6.07, 6.45) is 1.64. The van der Waals surface area contributed by atoms with Crippen LogP contribution in [-0.4, -0.2) is 78.8 Å². The number of anilines is 1. The molecule has 1 aromatic heterocycles. The number of nitrogens with zero attached hydrogens (tertiary/aromatic N) is 3. The van der Waals surface area contributed by atoms with Gasteiger partial charge in [-0.1, -0.05) is 37.3 Å². The van der Waals surface area contributed by atoms with Gasteiger partial charge >= 0.3 is 6.03 Å². The number of aromatic nitrogens is 1. The van der Waals surface area contributed by atoms with Gasteiger partial charge < -0.3 is 25.0 Å². The van der Waals surface area contributed by atoms with Crippen LogP contribution in [0.25, 0.3) is 11.3 Å². The van der Waals surface area contributed by atoms with Crippen molar-refractivity contribution >= 4 is 17.6 Å². The molecule has 0 spiro atoms. The Balaban J connectivity index is 1.58. The second-order valence-electron chi connectivity index (χ2n) is 11.4. The minimum absolute atomic E-state index is 0.0124. The van der Waals surface area contributed by atoms with E-state index in [1.807, 2.05) is 32.0 Å². The van der Waals surface area contributed by atoms with Crippen molar-refractivity contribution in [2.45, 2.75) is 52.4 Å². The summed E-state index contributed by atoms with van der Waals surface area (Å²) < 4.78 is 12.2. The third-order valence-electron chi connectivity index (χ3n) is 7.55. The van der Waals surface area contributed by atoms with Gasteiger partial charge in [-0.05, 0) is 62.6 Å². The molecule has 0 bridgehead atoms. The van der Waals surface area contributed by atoms with Crippen LogP contribution in [0.5, 0.6) is 5.75 Å². The first-order valence-corrected chi connectivity index (χ1v) is 14.5. The number of methoxy groups -OCH3 is 1. The van der Waals surface area contributed by atoms with Crippen molar-refractivity contribution < 1.29 is 19.1 Å². The lowest BCUT2D eigenvalue weighted by Gasteiger charge is -2.36. The number of carbonyl (C=O) groups excluding carboxylic acids is 2. The first kappa shape index (κ1) is 31.0. The molecule has 0 fully saturated rings. The molecule has 0 radical (unpaired) electrons. The molecule has 2 N–H and O–H groups in total. The summed E-state index contributed by atoms with van der Waals surface area (Å²) in [5, 5.41) is 5.62. The van der Waals surface area contributed by atoms with Crippen molar-refractivity contribution in [3.63, 3.8) is 0 Å². The van der Waals surface area contributed by atoms with Crippen LogP contribution in [0.1, 0.15) is 43.6 Å². The first-order chi connectivity index (χ1) is 20.1. The van der Waals surface area contributed by atoms with E-state index in [2.05, 4.69) is 58.6 Å². The number of urea groups is 1. The van der Waals surface area contributed by atoms with E-state index in [1.165, 1.54) is 5.56 Å². The van der Waals surface area contributed by atoms with Crippen LogP contribution in [0.4, 0.5) is 10.5 Å². The smallest absolute Gasteiger partial charge is 0.319 e. The average molecular weight is 574 g/mol. The number of likely N-dealkylation sites (N-methyl/N-ethyl adjacent to an activating group) is 1. The van der Waals surface area contributed by atoms with E-state index in [0.717, 1.165) is 24.3 Å². The zero-order chi connectivity index (χ0) is 30.2. The van der Waals surface area contributed by atoms with Crippen molar-refractivity contribution in [1.82, 2.24) is 20.1 Å². The Bertz CT molecular complexity index is 1330. The normalized spacial score (nSPS) is 20.2. The molecule has 224 valence electrons. The summed E-state index contributed by atoms with van der Waals surface area (Å²) >= 11 is 0. The van der Waals surface area contributed by atoms with Crippen LogP contribution >= 0.6 is 0 Å². The Hall–Kier alpha value is -3.95. The number of nitrogens with one attached hydrogen (secondary N) is 2. The maximum atomic E-state index is 13.6. The van der Waals surface area contributed by atoms with Crippen molar-refractivity contribution in [2.24, 2.45) is 5.92 Å². The molecule has 42 heavy (non-hydrogen) atoms. The maximum absolute atomic E-state index is 13.6. The summed E-state index contributed by atoms with van der Waals surface area (Å²) in [4.78, 5) is 34.4. The summed E-state index contributed by atoms with van der Waals surface area (Å²) in [7, 11) is 3.47. The fraction of sp³-hybridized carbons (Fsp3) is 0.424. The molecule has 1 aliphatic heterocycles. The van der Waals surface area contributed by atoms with E-state index in [0.29, 0.717) is 30.2 Å². The van der Waals surface area contributed by atoms with Crippen molar-refractivity contribution in [2.75, 3.05) is 39.2 Å². The van der Waals surface area contributed by atoms with E-state index in [-0.39, 0.29) is 36.0 Å². The van der Waals surface area contributed by atoms with Crippen molar-refractivity contribution in [1.29, 1.82) is 0 Å². The van der Waals surface area contributed by atoms with E-state index in [1.54, 1.807) is 43.5 Å². The number of hydrogen-bond acceptors (Lipinski definition) is 6. The number of hydrogen-bond donors (Lipinski definition) is 2. The third-order valence-corrected chi connectivity index (χ3v) is 7.55. The Kier molecular flexibility index (Phi) is 10.5. The highest BCUT2D eigenvalue weighted by Gasteiger charge is 2.28. The highest BCUT2D eigenvalue weighted by Crippen LogP contribution is 2.27. The number of ether oxygens (including phenoxy) is 2. The zero-order valence-electron chi connectivity index (χ0n) is 25.5. The predicted molar refractivity (Wildman–Crippen MR) is 166 cm³/mol. The van der Waals surface area contributed by atoms with Gasteiger partial charge in [-0.2, -0.15) is 0 Å². The zero-order valence-corrected chi connectivity index (χ0v) is 25.5. The van der Waals surface area contributed by atoms with Gasteiger partial charge in [0, 0.05) is 63.3 Å². The van der Waals surface area contributed by atoms with Crippen molar-refractivity contribution in [3.8, 4) is 17.0 Å². The lowest BCUT2D eigenvalue weighted by atomic mass is 10.0. The van der Waals surface area contributed by atoms with Gasteiger partial charge in [0.1, 0.15) is 12.4 Å². The maximum Gasteiger partial charge on any atom is 0.319 e. The number of benzene rings is 2. The van der Waals surface area contributed by atoms with Gasteiger partial charge in [0.25, 0.3) is 5.91 Å². The molecule has 3 atom stereocenters. The van der Waals surface area contributed by atoms with Gasteiger partial charge in [0.05, 0.1) is 17.4 Å². The Morgan fingerprint density at radius 2 is 1.86 bits per heavy atom. The molecule has 9 nitrogen and oxygen atoms in total. The van der Waals surface area contributed by atoms with Gasteiger partial charge in [0.2, 0.25) is 0 Å². The SMILES string of the molecule is CO[C@@H]1CN(C)C(=O)c2cc(NC(=O)NC(C)C)ccc2OC[C@H](C)N(Cc2ccc(-c3ccccn3)cc2)C[C@H]1C. The molecular formula is C33H43N5O4. The summed E-state index contributed by atoms with van der Waals surface area (Å²) in [6, 6.07) is 19.3. The lowest BCUT2D eigenvalue weighted by Crippen LogP contribution is -2.46. The summed E-state index contributed by atoms with van der Waals surface area (Å²) in [5.41, 5.74) is 4.14. The monoisotopic (exact) mass is 573 g/mol. The molecule has 0 saturated heterocycles.